The van der Waals surface area contributed by atoms with E-state index in [2.05, 4.69) is 10.3 Å². The van der Waals surface area contributed by atoms with Crippen molar-refractivity contribution in [2.45, 2.75) is 31.1 Å². The van der Waals surface area contributed by atoms with Crippen molar-refractivity contribution in [2.75, 3.05) is 25.5 Å². The summed E-state index contributed by atoms with van der Waals surface area (Å²) in [5.74, 6) is 1.33. The Balaban J connectivity index is 1.48. The molecule has 8 nitrogen and oxygen atoms in total. The van der Waals surface area contributed by atoms with Crippen LogP contribution in [0.2, 0.25) is 0 Å². The summed E-state index contributed by atoms with van der Waals surface area (Å²) in [6.45, 7) is 2.86. The average Bonchev–Trinajstić information content (AvgIpc) is 3.47. The quantitative estimate of drug-likeness (QED) is 0.491. The lowest BCUT2D eigenvalue weighted by molar-refractivity contribution is -0.111. The second-order valence-corrected chi connectivity index (χ2v) is 10.4. The SMILES string of the molecule is COc1ccc(C=CC(=O)Nc2nc(-c3ccc(C)o3)cs2)cc1S(=O)(=O)N1CCCCC1. The van der Waals surface area contributed by atoms with Gasteiger partial charge in [-0.25, -0.2) is 13.4 Å². The van der Waals surface area contributed by atoms with E-state index in [4.69, 9.17) is 9.15 Å². The second kappa shape index (κ2) is 9.90. The smallest absolute Gasteiger partial charge is 0.250 e. The van der Waals surface area contributed by atoms with Crippen LogP contribution in [0.15, 0.2) is 51.1 Å². The molecule has 1 amide bonds. The minimum atomic E-state index is -3.68. The number of amides is 1. The molecule has 0 spiro atoms. The number of nitrogens with one attached hydrogen (secondary N) is 1. The molecule has 1 fully saturated rings. The van der Waals surface area contributed by atoms with Gasteiger partial charge in [0.15, 0.2) is 10.9 Å². The van der Waals surface area contributed by atoms with E-state index in [1.807, 2.05) is 19.1 Å². The zero-order valence-electron chi connectivity index (χ0n) is 18.4. The molecule has 0 radical (unpaired) electrons. The fraction of sp³-hybridized carbons (Fsp3) is 0.304. The van der Waals surface area contributed by atoms with Gasteiger partial charge in [0, 0.05) is 24.5 Å². The maximum absolute atomic E-state index is 13.1. The summed E-state index contributed by atoms with van der Waals surface area (Å²) in [4.78, 5) is 16.9. The molecule has 3 aromatic rings. The number of thiazole rings is 1. The number of hydrogen-bond acceptors (Lipinski definition) is 7. The third kappa shape index (κ3) is 5.35. The number of nitrogens with zero attached hydrogens (tertiary/aromatic N) is 2. The molecule has 3 heterocycles. The molecule has 174 valence electrons. The predicted octanol–water partition coefficient (Wildman–Crippen LogP) is 4.55. The van der Waals surface area contributed by atoms with Gasteiger partial charge >= 0.3 is 0 Å². The van der Waals surface area contributed by atoms with Crippen LogP contribution in [0.4, 0.5) is 5.13 Å². The monoisotopic (exact) mass is 487 g/mol. The van der Waals surface area contributed by atoms with Crippen LogP contribution in [0.1, 0.15) is 30.6 Å². The number of piperidine rings is 1. The first kappa shape index (κ1) is 23.2. The van der Waals surface area contributed by atoms with Crippen LogP contribution >= 0.6 is 11.3 Å². The van der Waals surface area contributed by atoms with E-state index in [0.29, 0.717) is 35.2 Å². The van der Waals surface area contributed by atoms with E-state index < -0.39 is 10.0 Å². The maximum Gasteiger partial charge on any atom is 0.250 e. The number of furan rings is 1. The van der Waals surface area contributed by atoms with Gasteiger partial charge in [0.1, 0.15) is 22.1 Å². The summed E-state index contributed by atoms with van der Waals surface area (Å²) in [6.07, 6.45) is 5.63. The van der Waals surface area contributed by atoms with Crippen molar-refractivity contribution >= 4 is 38.5 Å². The molecule has 0 atom stereocenters. The van der Waals surface area contributed by atoms with E-state index in [1.54, 1.807) is 23.6 Å². The molecule has 1 saturated heterocycles. The summed E-state index contributed by atoms with van der Waals surface area (Å²) in [5, 5.41) is 4.96. The summed E-state index contributed by atoms with van der Waals surface area (Å²) in [5.41, 5.74) is 1.22. The Morgan fingerprint density at radius 3 is 2.70 bits per heavy atom. The van der Waals surface area contributed by atoms with Gasteiger partial charge in [-0.2, -0.15) is 4.31 Å². The van der Waals surface area contributed by atoms with Gasteiger partial charge in [0.25, 0.3) is 0 Å². The van der Waals surface area contributed by atoms with E-state index in [9.17, 15) is 13.2 Å². The van der Waals surface area contributed by atoms with E-state index in [0.717, 1.165) is 25.0 Å². The molecule has 0 aliphatic carbocycles. The van der Waals surface area contributed by atoms with Crippen molar-refractivity contribution in [1.29, 1.82) is 0 Å². The van der Waals surface area contributed by atoms with Crippen LogP contribution in [-0.4, -0.2) is 43.8 Å². The number of aryl methyl sites for hydroxylation is 1. The molecule has 33 heavy (non-hydrogen) atoms. The van der Waals surface area contributed by atoms with Gasteiger partial charge in [-0.15, -0.1) is 11.3 Å². The lowest BCUT2D eigenvalue weighted by Gasteiger charge is -2.26. The normalized spacial score (nSPS) is 15.1. The molecular formula is C23H25N3O5S2. The summed E-state index contributed by atoms with van der Waals surface area (Å²) in [7, 11) is -2.24. The molecule has 0 bridgehead atoms. The van der Waals surface area contributed by atoms with E-state index >= 15 is 0 Å². The van der Waals surface area contributed by atoms with Gasteiger partial charge in [0.05, 0.1) is 7.11 Å². The highest BCUT2D eigenvalue weighted by atomic mass is 32.2. The molecule has 0 saturated carbocycles. The van der Waals surface area contributed by atoms with Crippen molar-refractivity contribution in [2.24, 2.45) is 0 Å². The summed E-state index contributed by atoms with van der Waals surface area (Å²) in [6, 6.07) is 8.53. The summed E-state index contributed by atoms with van der Waals surface area (Å²) < 4.78 is 38.6. The molecule has 1 N–H and O–H groups in total. The lowest BCUT2D eigenvalue weighted by Crippen LogP contribution is -2.35. The molecule has 2 aromatic heterocycles. The number of sulfonamides is 1. The van der Waals surface area contributed by atoms with Crippen molar-refractivity contribution in [1.82, 2.24) is 9.29 Å². The van der Waals surface area contributed by atoms with Gasteiger partial charge in [-0.05, 0) is 55.7 Å². The van der Waals surface area contributed by atoms with E-state index in [1.165, 1.54) is 34.9 Å². The Morgan fingerprint density at radius 1 is 1.21 bits per heavy atom. The standard InChI is InChI=1S/C23H25N3O5S2/c1-16-6-9-19(31-16)18-15-32-23(24-18)25-22(27)11-8-17-7-10-20(30-2)21(14-17)33(28,29)26-12-4-3-5-13-26/h6-11,14-15H,3-5,12-13H2,1-2H3,(H,24,25,27). The number of aromatic nitrogens is 1. The van der Waals surface area contributed by atoms with Crippen LogP contribution in [0.25, 0.3) is 17.5 Å². The van der Waals surface area contributed by atoms with Crippen molar-refractivity contribution < 1.29 is 22.4 Å². The Kier molecular flexibility index (Phi) is 6.96. The van der Waals surface area contributed by atoms with Crippen molar-refractivity contribution in [3.05, 3.63) is 53.1 Å². The number of rotatable bonds is 7. The van der Waals surface area contributed by atoms with Crippen LogP contribution in [0, 0.1) is 6.92 Å². The number of methoxy groups -OCH3 is 1. The molecular weight excluding hydrogens is 462 g/mol. The molecule has 0 unspecified atom stereocenters. The first-order valence-electron chi connectivity index (χ1n) is 10.6. The Labute approximate surface area is 196 Å². The molecule has 10 heteroatoms. The predicted molar refractivity (Wildman–Crippen MR) is 128 cm³/mol. The Morgan fingerprint density at radius 2 is 2.00 bits per heavy atom. The minimum Gasteiger partial charge on any atom is -0.495 e. The number of anilines is 1. The zero-order chi connectivity index (χ0) is 23.4. The van der Waals surface area contributed by atoms with Gasteiger partial charge in [0.2, 0.25) is 15.9 Å². The van der Waals surface area contributed by atoms with Crippen LogP contribution in [-0.2, 0) is 14.8 Å². The number of carbonyl (C=O) groups is 1. The summed E-state index contributed by atoms with van der Waals surface area (Å²) >= 11 is 1.29. The number of benzene rings is 1. The van der Waals surface area contributed by atoms with Crippen LogP contribution < -0.4 is 10.1 Å². The van der Waals surface area contributed by atoms with Crippen LogP contribution in [0.5, 0.6) is 5.75 Å². The largest absolute Gasteiger partial charge is 0.495 e. The second-order valence-electron chi connectivity index (χ2n) is 7.65. The molecule has 1 aromatic carbocycles. The van der Waals surface area contributed by atoms with Gasteiger partial charge < -0.3 is 9.15 Å². The minimum absolute atomic E-state index is 0.104. The highest BCUT2D eigenvalue weighted by Crippen LogP contribution is 2.30. The zero-order valence-corrected chi connectivity index (χ0v) is 20.0. The Hall–Kier alpha value is -2.95. The molecule has 1 aliphatic rings. The first-order chi connectivity index (χ1) is 15.9. The topological polar surface area (TPSA) is 102 Å². The average molecular weight is 488 g/mol. The molecule has 4 rings (SSSR count). The Bertz CT molecular complexity index is 1270. The number of ether oxygens (including phenoxy) is 1. The fourth-order valence-corrected chi connectivity index (χ4v) is 5.99. The van der Waals surface area contributed by atoms with Gasteiger partial charge in [-0.1, -0.05) is 12.5 Å². The van der Waals surface area contributed by atoms with Gasteiger partial charge in [-0.3, -0.25) is 10.1 Å². The number of carbonyl (C=O) groups excluding carboxylic acids is 1. The highest BCUT2D eigenvalue weighted by Gasteiger charge is 2.29. The molecule has 1 aliphatic heterocycles. The van der Waals surface area contributed by atoms with Crippen LogP contribution in [0.3, 0.4) is 0 Å². The third-order valence-corrected chi connectivity index (χ3v) is 7.95. The van der Waals surface area contributed by atoms with Crippen molar-refractivity contribution in [3.8, 4) is 17.2 Å². The fourth-order valence-electron chi connectivity index (χ4n) is 3.58. The highest BCUT2D eigenvalue weighted by molar-refractivity contribution is 7.89. The van der Waals surface area contributed by atoms with Crippen molar-refractivity contribution in [3.63, 3.8) is 0 Å². The maximum atomic E-state index is 13.1. The first-order valence-corrected chi connectivity index (χ1v) is 12.9. The number of hydrogen-bond donors (Lipinski definition) is 1. The third-order valence-electron chi connectivity index (χ3n) is 5.27. The van der Waals surface area contributed by atoms with E-state index in [-0.39, 0.29) is 16.6 Å². The lowest BCUT2D eigenvalue weighted by atomic mass is 10.2.